The first kappa shape index (κ1) is 15.5. The predicted molar refractivity (Wildman–Crippen MR) is 78.9 cm³/mol. The van der Waals surface area contributed by atoms with Gasteiger partial charge in [-0.05, 0) is 24.6 Å². The molecule has 104 valence electrons. The van der Waals surface area contributed by atoms with E-state index in [9.17, 15) is 4.79 Å². The van der Waals surface area contributed by atoms with Crippen molar-refractivity contribution in [2.24, 2.45) is 0 Å². The average Bonchev–Trinajstić information content (AvgIpc) is 2.38. The molecule has 0 saturated heterocycles. The second-order valence-corrected chi connectivity index (χ2v) is 4.39. The molecular formula is C14H19ClN2O2. The fourth-order valence-corrected chi connectivity index (χ4v) is 1.59. The van der Waals surface area contributed by atoms with Crippen molar-refractivity contribution >= 4 is 23.2 Å². The van der Waals surface area contributed by atoms with Crippen LogP contribution in [0.2, 0.25) is 5.02 Å². The van der Waals surface area contributed by atoms with Crippen LogP contribution < -0.4 is 15.4 Å². The van der Waals surface area contributed by atoms with Gasteiger partial charge in [-0.2, -0.15) is 0 Å². The second kappa shape index (κ2) is 8.56. The Morgan fingerprint density at radius 2 is 2.32 bits per heavy atom. The normalized spacial score (nSPS) is 10.0. The maximum absolute atomic E-state index is 11.7. The lowest BCUT2D eigenvalue weighted by molar-refractivity contribution is -0.115. The van der Waals surface area contributed by atoms with Crippen molar-refractivity contribution < 1.29 is 9.53 Å². The SMILES string of the molecule is C=CCNCC(=O)Nc1cc(Cl)ccc1OCCC. The van der Waals surface area contributed by atoms with Gasteiger partial charge in [0.05, 0.1) is 18.8 Å². The summed E-state index contributed by atoms with van der Waals surface area (Å²) in [5, 5.41) is 6.26. The number of halogens is 1. The van der Waals surface area contributed by atoms with Gasteiger partial charge in [0.25, 0.3) is 0 Å². The molecule has 5 heteroatoms. The van der Waals surface area contributed by atoms with Crippen LogP contribution in [0.3, 0.4) is 0 Å². The molecule has 0 fully saturated rings. The molecule has 0 aliphatic rings. The number of anilines is 1. The standard InChI is InChI=1S/C14H19ClN2O2/c1-3-7-16-10-14(18)17-12-9-11(15)5-6-13(12)19-8-4-2/h3,5-6,9,16H,1,4,7-8,10H2,2H3,(H,17,18). The highest BCUT2D eigenvalue weighted by atomic mass is 35.5. The minimum absolute atomic E-state index is 0.148. The van der Waals surface area contributed by atoms with Crippen LogP contribution in [0.5, 0.6) is 5.75 Å². The summed E-state index contributed by atoms with van der Waals surface area (Å²) in [4.78, 5) is 11.7. The molecule has 1 amide bonds. The van der Waals surface area contributed by atoms with Crippen molar-refractivity contribution in [3.8, 4) is 5.75 Å². The number of hydrogen-bond acceptors (Lipinski definition) is 3. The Balaban J connectivity index is 2.66. The molecule has 0 unspecified atom stereocenters. The number of carbonyl (C=O) groups is 1. The molecule has 0 aromatic heterocycles. The van der Waals surface area contributed by atoms with Gasteiger partial charge in [-0.1, -0.05) is 24.6 Å². The maximum atomic E-state index is 11.7. The number of amides is 1. The zero-order chi connectivity index (χ0) is 14.1. The van der Waals surface area contributed by atoms with Crippen LogP contribution in [0.4, 0.5) is 5.69 Å². The summed E-state index contributed by atoms with van der Waals surface area (Å²) < 4.78 is 5.56. The number of nitrogens with one attached hydrogen (secondary N) is 2. The molecule has 1 aromatic rings. The molecule has 0 heterocycles. The lowest BCUT2D eigenvalue weighted by atomic mass is 10.3. The topological polar surface area (TPSA) is 50.4 Å². The van der Waals surface area contributed by atoms with Crippen LogP contribution in [0.1, 0.15) is 13.3 Å². The van der Waals surface area contributed by atoms with Gasteiger partial charge < -0.3 is 15.4 Å². The van der Waals surface area contributed by atoms with E-state index in [1.54, 1.807) is 24.3 Å². The Morgan fingerprint density at radius 3 is 3.00 bits per heavy atom. The highest BCUT2D eigenvalue weighted by Gasteiger charge is 2.08. The highest BCUT2D eigenvalue weighted by Crippen LogP contribution is 2.28. The summed E-state index contributed by atoms with van der Waals surface area (Å²) in [5.74, 6) is 0.480. The van der Waals surface area contributed by atoms with E-state index < -0.39 is 0 Å². The summed E-state index contributed by atoms with van der Waals surface area (Å²) in [6.45, 7) is 6.99. The van der Waals surface area contributed by atoms with Crippen molar-refractivity contribution in [3.05, 3.63) is 35.9 Å². The Hall–Kier alpha value is -1.52. The highest BCUT2D eigenvalue weighted by molar-refractivity contribution is 6.31. The van der Waals surface area contributed by atoms with Crippen molar-refractivity contribution in [2.45, 2.75) is 13.3 Å². The van der Waals surface area contributed by atoms with Crippen molar-refractivity contribution in [1.82, 2.24) is 5.32 Å². The molecule has 2 N–H and O–H groups in total. The average molecular weight is 283 g/mol. The van der Waals surface area contributed by atoms with Crippen LogP contribution >= 0.6 is 11.6 Å². The molecule has 0 saturated carbocycles. The number of hydrogen-bond donors (Lipinski definition) is 2. The van der Waals surface area contributed by atoms with E-state index in [-0.39, 0.29) is 12.5 Å². The first-order valence-electron chi connectivity index (χ1n) is 6.21. The fraction of sp³-hybridized carbons (Fsp3) is 0.357. The first-order chi connectivity index (χ1) is 9.17. The zero-order valence-electron chi connectivity index (χ0n) is 11.0. The van der Waals surface area contributed by atoms with Gasteiger partial charge in [0.2, 0.25) is 5.91 Å². The summed E-state index contributed by atoms with van der Waals surface area (Å²) >= 11 is 5.93. The van der Waals surface area contributed by atoms with Crippen molar-refractivity contribution in [1.29, 1.82) is 0 Å². The van der Waals surface area contributed by atoms with Crippen LogP contribution in [0, 0.1) is 0 Å². The van der Waals surface area contributed by atoms with E-state index in [2.05, 4.69) is 17.2 Å². The Bertz CT molecular complexity index is 435. The van der Waals surface area contributed by atoms with Crippen molar-refractivity contribution in [3.63, 3.8) is 0 Å². The third-order valence-corrected chi connectivity index (χ3v) is 2.49. The number of carbonyl (C=O) groups excluding carboxylic acids is 1. The van der Waals surface area contributed by atoms with Crippen LogP contribution in [0.15, 0.2) is 30.9 Å². The lowest BCUT2D eigenvalue weighted by Gasteiger charge is -2.12. The van der Waals surface area contributed by atoms with E-state index in [1.165, 1.54) is 0 Å². The molecule has 0 radical (unpaired) electrons. The van der Waals surface area contributed by atoms with E-state index in [0.29, 0.717) is 29.6 Å². The van der Waals surface area contributed by atoms with Gasteiger partial charge >= 0.3 is 0 Å². The molecule has 0 aliphatic heterocycles. The third kappa shape index (κ3) is 5.77. The summed E-state index contributed by atoms with van der Waals surface area (Å²) in [6.07, 6.45) is 2.60. The molecule has 0 bridgehead atoms. The van der Waals surface area contributed by atoms with Gasteiger partial charge in [-0.3, -0.25) is 4.79 Å². The molecular weight excluding hydrogens is 264 g/mol. The Labute approximate surface area is 118 Å². The predicted octanol–water partition coefficient (Wildman–Crippen LogP) is 2.84. The lowest BCUT2D eigenvalue weighted by Crippen LogP contribution is -2.28. The Morgan fingerprint density at radius 1 is 1.53 bits per heavy atom. The first-order valence-corrected chi connectivity index (χ1v) is 6.59. The number of benzene rings is 1. The maximum Gasteiger partial charge on any atom is 0.238 e. The number of rotatable bonds is 8. The number of ether oxygens (including phenoxy) is 1. The molecule has 1 rings (SSSR count). The van der Waals surface area contributed by atoms with Crippen molar-refractivity contribution in [2.75, 3.05) is 25.0 Å². The van der Waals surface area contributed by atoms with E-state index in [4.69, 9.17) is 16.3 Å². The quantitative estimate of drug-likeness (QED) is 0.569. The van der Waals surface area contributed by atoms with Gasteiger partial charge in [-0.25, -0.2) is 0 Å². The van der Waals surface area contributed by atoms with Gasteiger partial charge in [0, 0.05) is 11.6 Å². The summed E-state index contributed by atoms with van der Waals surface area (Å²) in [6, 6.07) is 5.17. The minimum atomic E-state index is -0.148. The molecule has 0 aliphatic carbocycles. The molecule has 19 heavy (non-hydrogen) atoms. The van der Waals surface area contributed by atoms with Crippen LogP contribution in [-0.4, -0.2) is 25.6 Å². The molecule has 1 aromatic carbocycles. The monoisotopic (exact) mass is 282 g/mol. The van der Waals surface area contributed by atoms with Gasteiger partial charge in [0.15, 0.2) is 0 Å². The minimum Gasteiger partial charge on any atom is -0.491 e. The fourth-order valence-electron chi connectivity index (χ4n) is 1.42. The van der Waals surface area contributed by atoms with Gasteiger partial charge in [0.1, 0.15) is 5.75 Å². The van der Waals surface area contributed by atoms with Crippen LogP contribution in [0.25, 0.3) is 0 Å². The smallest absolute Gasteiger partial charge is 0.238 e. The van der Waals surface area contributed by atoms with E-state index in [1.807, 2.05) is 6.92 Å². The molecule has 4 nitrogen and oxygen atoms in total. The third-order valence-electron chi connectivity index (χ3n) is 2.25. The van der Waals surface area contributed by atoms with Gasteiger partial charge in [-0.15, -0.1) is 6.58 Å². The zero-order valence-corrected chi connectivity index (χ0v) is 11.8. The summed E-state index contributed by atoms with van der Waals surface area (Å²) in [5.41, 5.74) is 0.589. The Kier molecular flexibility index (Phi) is 7.00. The molecule has 0 atom stereocenters. The second-order valence-electron chi connectivity index (χ2n) is 3.96. The summed E-state index contributed by atoms with van der Waals surface area (Å²) in [7, 11) is 0. The van der Waals surface area contributed by atoms with E-state index in [0.717, 1.165) is 6.42 Å². The van der Waals surface area contributed by atoms with E-state index >= 15 is 0 Å². The molecule has 0 spiro atoms. The van der Waals surface area contributed by atoms with Crippen LogP contribution in [-0.2, 0) is 4.79 Å². The largest absolute Gasteiger partial charge is 0.491 e.